The van der Waals surface area contributed by atoms with E-state index in [0.717, 1.165) is 21.3 Å². The third kappa shape index (κ3) is 2.55. The van der Waals surface area contributed by atoms with E-state index in [1.54, 1.807) is 13.2 Å². The van der Waals surface area contributed by atoms with Crippen molar-refractivity contribution in [1.29, 1.82) is 0 Å². The van der Waals surface area contributed by atoms with Gasteiger partial charge in [-0.2, -0.15) is 0 Å². The lowest BCUT2D eigenvalue weighted by Crippen LogP contribution is -2.11. The zero-order valence-corrected chi connectivity index (χ0v) is 11.2. The first kappa shape index (κ1) is 13.0. The summed E-state index contributed by atoms with van der Waals surface area (Å²) >= 11 is 3.40. The van der Waals surface area contributed by atoms with Gasteiger partial charge in [-0.15, -0.1) is 0 Å². The van der Waals surface area contributed by atoms with Crippen molar-refractivity contribution in [3.63, 3.8) is 0 Å². The summed E-state index contributed by atoms with van der Waals surface area (Å²) in [6.45, 7) is 3.78. The normalized spacial score (nSPS) is 12.2. The van der Waals surface area contributed by atoms with E-state index in [1.165, 1.54) is 0 Å². The molecule has 1 atom stereocenters. The fraction of sp³-hybridized carbons (Fsp3) is 0.417. The van der Waals surface area contributed by atoms with Crippen LogP contribution < -0.4 is 4.74 Å². The van der Waals surface area contributed by atoms with Crippen molar-refractivity contribution in [3.05, 3.63) is 27.7 Å². The molecule has 1 aromatic rings. The number of rotatable bonds is 4. The Bertz CT molecular complexity index is 401. The highest BCUT2D eigenvalue weighted by molar-refractivity contribution is 9.10. The van der Waals surface area contributed by atoms with Gasteiger partial charge in [0.25, 0.3) is 0 Å². The number of methoxy groups -OCH3 is 1. The summed E-state index contributed by atoms with van der Waals surface area (Å²) in [5.41, 5.74) is 1.75. The van der Waals surface area contributed by atoms with Crippen LogP contribution in [0.3, 0.4) is 0 Å². The third-order valence-corrected chi connectivity index (χ3v) is 3.28. The summed E-state index contributed by atoms with van der Waals surface area (Å²) in [6, 6.07) is 3.68. The molecule has 0 saturated carbocycles. The number of carboxylic acids is 1. The predicted octanol–water partition coefficient (Wildman–Crippen LogP) is 3.34. The summed E-state index contributed by atoms with van der Waals surface area (Å²) in [5, 5.41) is 9.12. The van der Waals surface area contributed by atoms with Crippen LogP contribution in [-0.4, -0.2) is 18.2 Å². The average molecular weight is 287 g/mol. The Labute approximate surface area is 104 Å². The Balaban J connectivity index is 3.26. The summed E-state index contributed by atoms with van der Waals surface area (Å²) in [4.78, 5) is 11.1. The standard InChI is InChI=1S/C12H15BrO3/c1-4-8(12(14)15)9-6-11(16-3)7(2)5-10(9)13/h5-6,8H,4H2,1-3H3,(H,14,15). The lowest BCUT2D eigenvalue weighted by Gasteiger charge is -2.15. The number of halogens is 1. The molecule has 0 fully saturated rings. The Kier molecular flexibility index (Phi) is 4.35. The fourth-order valence-corrected chi connectivity index (χ4v) is 2.42. The Morgan fingerprint density at radius 2 is 2.19 bits per heavy atom. The van der Waals surface area contributed by atoms with Crippen LogP contribution in [0, 0.1) is 6.92 Å². The van der Waals surface area contributed by atoms with E-state index >= 15 is 0 Å². The predicted molar refractivity (Wildman–Crippen MR) is 66.1 cm³/mol. The molecule has 1 rings (SSSR count). The maximum atomic E-state index is 11.1. The van der Waals surface area contributed by atoms with Gasteiger partial charge in [0.05, 0.1) is 13.0 Å². The fourth-order valence-electron chi connectivity index (χ4n) is 1.68. The lowest BCUT2D eigenvalue weighted by atomic mass is 9.95. The quantitative estimate of drug-likeness (QED) is 0.923. The van der Waals surface area contributed by atoms with Crippen molar-refractivity contribution in [2.24, 2.45) is 0 Å². The Hall–Kier alpha value is -1.03. The molecule has 0 bridgehead atoms. The molecule has 0 saturated heterocycles. The first-order valence-corrected chi connectivity index (χ1v) is 5.87. The molecule has 0 aliphatic rings. The first-order valence-electron chi connectivity index (χ1n) is 5.08. The van der Waals surface area contributed by atoms with Gasteiger partial charge in [-0.1, -0.05) is 22.9 Å². The molecule has 0 amide bonds. The van der Waals surface area contributed by atoms with Crippen LogP contribution in [0.4, 0.5) is 0 Å². The van der Waals surface area contributed by atoms with Gasteiger partial charge in [0, 0.05) is 4.47 Å². The van der Waals surface area contributed by atoms with Crippen molar-refractivity contribution >= 4 is 21.9 Å². The van der Waals surface area contributed by atoms with Crippen LogP contribution >= 0.6 is 15.9 Å². The number of aliphatic carboxylic acids is 1. The van der Waals surface area contributed by atoms with Gasteiger partial charge in [0.15, 0.2) is 0 Å². The van der Waals surface area contributed by atoms with Crippen LogP contribution in [-0.2, 0) is 4.79 Å². The van der Waals surface area contributed by atoms with E-state index in [0.29, 0.717) is 6.42 Å². The van der Waals surface area contributed by atoms with Crippen molar-refractivity contribution in [1.82, 2.24) is 0 Å². The van der Waals surface area contributed by atoms with Crippen LogP contribution in [0.15, 0.2) is 16.6 Å². The second-order valence-electron chi connectivity index (χ2n) is 3.64. The van der Waals surface area contributed by atoms with Gasteiger partial charge in [0.2, 0.25) is 0 Å². The van der Waals surface area contributed by atoms with Crippen molar-refractivity contribution in [3.8, 4) is 5.75 Å². The Morgan fingerprint density at radius 1 is 1.56 bits per heavy atom. The summed E-state index contributed by atoms with van der Waals surface area (Å²) < 4.78 is 6.02. The third-order valence-electron chi connectivity index (χ3n) is 2.60. The summed E-state index contributed by atoms with van der Waals surface area (Å²) in [7, 11) is 1.59. The minimum Gasteiger partial charge on any atom is -0.496 e. The van der Waals surface area contributed by atoms with Crippen LogP contribution in [0.2, 0.25) is 0 Å². The molecule has 16 heavy (non-hydrogen) atoms. The van der Waals surface area contributed by atoms with E-state index in [2.05, 4.69) is 15.9 Å². The van der Waals surface area contributed by atoms with Crippen LogP contribution in [0.1, 0.15) is 30.4 Å². The molecule has 1 aromatic carbocycles. The molecule has 3 nitrogen and oxygen atoms in total. The Morgan fingerprint density at radius 3 is 2.62 bits per heavy atom. The molecular formula is C12H15BrO3. The molecular weight excluding hydrogens is 272 g/mol. The number of ether oxygens (including phenoxy) is 1. The SMILES string of the molecule is CCC(C(=O)O)c1cc(OC)c(C)cc1Br. The second kappa shape index (κ2) is 5.34. The van der Waals surface area contributed by atoms with Crippen molar-refractivity contribution in [2.75, 3.05) is 7.11 Å². The lowest BCUT2D eigenvalue weighted by molar-refractivity contribution is -0.138. The zero-order chi connectivity index (χ0) is 12.3. The monoisotopic (exact) mass is 286 g/mol. The highest BCUT2D eigenvalue weighted by atomic mass is 79.9. The average Bonchev–Trinajstić information content (AvgIpc) is 2.21. The maximum Gasteiger partial charge on any atom is 0.311 e. The molecule has 1 unspecified atom stereocenters. The highest BCUT2D eigenvalue weighted by Gasteiger charge is 2.21. The minimum absolute atomic E-state index is 0.496. The molecule has 88 valence electrons. The van der Waals surface area contributed by atoms with Gasteiger partial charge in [-0.05, 0) is 36.6 Å². The molecule has 0 spiro atoms. The van der Waals surface area contributed by atoms with Crippen LogP contribution in [0.5, 0.6) is 5.75 Å². The highest BCUT2D eigenvalue weighted by Crippen LogP contribution is 2.33. The topological polar surface area (TPSA) is 46.5 Å². The molecule has 0 radical (unpaired) electrons. The van der Waals surface area contributed by atoms with E-state index < -0.39 is 11.9 Å². The second-order valence-corrected chi connectivity index (χ2v) is 4.50. The first-order chi connectivity index (χ1) is 7.51. The van der Waals surface area contributed by atoms with Gasteiger partial charge in [0.1, 0.15) is 5.75 Å². The van der Waals surface area contributed by atoms with E-state index in [9.17, 15) is 4.79 Å². The van der Waals surface area contributed by atoms with Gasteiger partial charge < -0.3 is 9.84 Å². The summed E-state index contributed by atoms with van der Waals surface area (Å²) in [6.07, 6.45) is 0.556. The van der Waals surface area contributed by atoms with E-state index in [1.807, 2.05) is 19.9 Å². The molecule has 0 aliphatic heterocycles. The van der Waals surface area contributed by atoms with Gasteiger partial charge in [-0.25, -0.2) is 0 Å². The molecule has 1 N–H and O–H groups in total. The number of aryl methyl sites for hydroxylation is 1. The van der Waals surface area contributed by atoms with Gasteiger partial charge in [-0.3, -0.25) is 4.79 Å². The minimum atomic E-state index is -0.811. The van der Waals surface area contributed by atoms with E-state index in [-0.39, 0.29) is 0 Å². The molecule has 0 aromatic heterocycles. The number of carbonyl (C=O) groups is 1. The number of benzene rings is 1. The molecule has 4 heteroatoms. The largest absolute Gasteiger partial charge is 0.496 e. The number of hydrogen-bond donors (Lipinski definition) is 1. The number of hydrogen-bond acceptors (Lipinski definition) is 2. The summed E-state index contributed by atoms with van der Waals surface area (Å²) in [5.74, 6) is -0.587. The molecule has 0 aliphatic carbocycles. The van der Waals surface area contributed by atoms with Gasteiger partial charge >= 0.3 is 5.97 Å². The van der Waals surface area contributed by atoms with E-state index in [4.69, 9.17) is 9.84 Å². The smallest absolute Gasteiger partial charge is 0.311 e. The van der Waals surface area contributed by atoms with Crippen molar-refractivity contribution < 1.29 is 14.6 Å². The zero-order valence-electron chi connectivity index (χ0n) is 9.58. The maximum absolute atomic E-state index is 11.1. The molecule has 0 heterocycles. The van der Waals surface area contributed by atoms with Crippen LogP contribution in [0.25, 0.3) is 0 Å². The number of carboxylic acid groups (broad SMARTS) is 1. The van der Waals surface area contributed by atoms with Crippen molar-refractivity contribution in [2.45, 2.75) is 26.2 Å².